The third-order valence-corrected chi connectivity index (χ3v) is 4.19. The second-order valence-corrected chi connectivity index (χ2v) is 6.47. The largest absolute Gasteiger partial charge is 0.443 e. The summed E-state index contributed by atoms with van der Waals surface area (Å²) in [5.41, 5.74) is 4.27. The van der Waals surface area contributed by atoms with Crippen molar-refractivity contribution in [2.24, 2.45) is 4.99 Å². The van der Waals surface area contributed by atoms with Crippen molar-refractivity contribution in [2.45, 2.75) is 13.3 Å². The average Bonchev–Trinajstić information content (AvgIpc) is 3.28. The number of urea groups is 1. The van der Waals surface area contributed by atoms with Gasteiger partial charge in [0, 0.05) is 17.8 Å². The smallest absolute Gasteiger partial charge is 0.324 e. The Kier molecular flexibility index (Phi) is 4.63. The summed E-state index contributed by atoms with van der Waals surface area (Å²) in [4.78, 5) is 16.7. The minimum atomic E-state index is -0.400. The Morgan fingerprint density at radius 1 is 1.14 bits per heavy atom. The van der Waals surface area contributed by atoms with Crippen molar-refractivity contribution in [1.82, 2.24) is 10.2 Å². The number of hydrogen-bond donors (Lipinski definition) is 3. The molecule has 0 spiro atoms. The Bertz CT molecular complexity index is 1080. The number of amides is 2. The summed E-state index contributed by atoms with van der Waals surface area (Å²) in [6.45, 7) is 5.68. The van der Waals surface area contributed by atoms with Crippen LogP contribution in [0.15, 0.2) is 66.2 Å². The maximum absolute atomic E-state index is 12.2. The van der Waals surface area contributed by atoms with Gasteiger partial charge in [-0.3, -0.25) is 10.4 Å². The number of ether oxygens (including phenoxy) is 1. The van der Waals surface area contributed by atoms with Crippen LogP contribution in [0, 0.1) is 0 Å². The van der Waals surface area contributed by atoms with E-state index in [4.69, 9.17) is 4.74 Å². The van der Waals surface area contributed by atoms with E-state index in [-0.39, 0.29) is 0 Å². The van der Waals surface area contributed by atoms with Gasteiger partial charge in [-0.1, -0.05) is 30.8 Å². The molecule has 2 amide bonds. The quantitative estimate of drug-likeness (QED) is 0.616. The van der Waals surface area contributed by atoms with Gasteiger partial charge in [0.25, 0.3) is 0 Å². The summed E-state index contributed by atoms with van der Waals surface area (Å²) < 4.78 is 5.88. The highest BCUT2D eigenvalue weighted by molar-refractivity contribution is 5.99. The first-order chi connectivity index (χ1) is 13.6. The molecule has 3 N–H and O–H groups in total. The number of nitrogens with one attached hydrogen (secondary N) is 3. The minimum Gasteiger partial charge on any atom is -0.443 e. The van der Waals surface area contributed by atoms with Crippen LogP contribution in [-0.4, -0.2) is 22.1 Å². The van der Waals surface area contributed by atoms with E-state index in [2.05, 4.69) is 32.4 Å². The molecule has 4 rings (SSSR count). The fourth-order valence-electron chi connectivity index (χ4n) is 2.82. The molecule has 7 heteroatoms. The van der Waals surface area contributed by atoms with E-state index in [9.17, 15) is 4.79 Å². The Labute approximate surface area is 162 Å². The fourth-order valence-corrected chi connectivity index (χ4v) is 2.82. The molecule has 3 aromatic rings. The topological polar surface area (TPSA) is 91.4 Å². The molecule has 140 valence electrons. The summed E-state index contributed by atoms with van der Waals surface area (Å²) in [7, 11) is 0. The van der Waals surface area contributed by atoms with E-state index >= 15 is 0 Å². The molecule has 1 aliphatic heterocycles. The van der Waals surface area contributed by atoms with Crippen molar-refractivity contribution in [3.05, 3.63) is 72.4 Å². The first-order valence-electron chi connectivity index (χ1n) is 8.79. The van der Waals surface area contributed by atoms with Gasteiger partial charge in [-0.25, -0.2) is 9.79 Å². The van der Waals surface area contributed by atoms with Gasteiger partial charge in [0.2, 0.25) is 0 Å². The predicted molar refractivity (Wildman–Crippen MR) is 110 cm³/mol. The van der Waals surface area contributed by atoms with Crippen LogP contribution >= 0.6 is 0 Å². The molecule has 2 heterocycles. The lowest BCUT2D eigenvalue weighted by Gasteiger charge is -2.09. The lowest BCUT2D eigenvalue weighted by molar-refractivity contribution is 0.262. The lowest BCUT2D eigenvalue weighted by Crippen LogP contribution is -2.19. The number of aromatic amines is 1. The van der Waals surface area contributed by atoms with Crippen LogP contribution in [0.3, 0.4) is 0 Å². The van der Waals surface area contributed by atoms with Crippen molar-refractivity contribution >= 4 is 34.7 Å². The average molecular weight is 373 g/mol. The van der Waals surface area contributed by atoms with E-state index in [1.807, 2.05) is 37.3 Å². The van der Waals surface area contributed by atoms with Crippen molar-refractivity contribution in [3.63, 3.8) is 0 Å². The first-order valence-corrected chi connectivity index (χ1v) is 8.79. The third kappa shape index (κ3) is 3.93. The van der Waals surface area contributed by atoms with E-state index in [0.29, 0.717) is 29.6 Å². The van der Waals surface area contributed by atoms with Gasteiger partial charge in [-0.2, -0.15) is 5.10 Å². The van der Waals surface area contributed by atoms with E-state index in [1.165, 1.54) is 0 Å². The van der Waals surface area contributed by atoms with Crippen molar-refractivity contribution in [1.29, 1.82) is 0 Å². The first kappa shape index (κ1) is 17.5. The standard InChI is InChI=1S/C21H19N5O2/c1-13(2)18-12-19(26-25-18)24-21(27)22-15-7-5-8-16(11-15)28-20-10-14-6-3-4-9-17(14)23-20/h3-9,11-12H,1,10H2,2H3,(H3,22,24,25,26,27). The zero-order chi connectivity index (χ0) is 19.5. The minimum absolute atomic E-state index is 0.400. The van der Waals surface area contributed by atoms with Crippen LogP contribution < -0.4 is 15.4 Å². The van der Waals surface area contributed by atoms with Crippen molar-refractivity contribution in [3.8, 4) is 5.75 Å². The van der Waals surface area contributed by atoms with Gasteiger partial charge < -0.3 is 10.1 Å². The molecule has 0 unspecified atom stereocenters. The van der Waals surface area contributed by atoms with Gasteiger partial charge in [-0.15, -0.1) is 0 Å². The van der Waals surface area contributed by atoms with Gasteiger partial charge in [0.1, 0.15) is 5.75 Å². The summed E-state index contributed by atoms with van der Waals surface area (Å²) in [6.07, 6.45) is 0.651. The maximum Gasteiger partial charge on any atom is 0.324 e. The highest BCUT2D eigenvalue weighted by atomic mass is 16.5. The van der Waals surface area contributed by atoms with Gasteiger partial charge >= 0.3 is 6.03 Å². The molecule has 28 heavy (non-hydrogen) atoms. The highest BCUT2D eigenvalue weighted by Gasteiger charge is 2.16. The Morgan fingerprint density at radius 3 is 2.79 bits per heavy atom. The van der Waals surface area contributed by atoms with Crippen LogP contribution in [0.4, 0.5) is 22.0 Å². The number of allylic oxidation sites excluding steroid dienone is 1. The Hall–Kier alpha value is -3.87. The Morgan fingerprint density at radius 2 is 2.00 bits per heavy atom. The number of fused-ring (bicyclic) bond motifs is 1. The van der Waals surface area contributed by atoms with Crippen molar-refractivity contribution < 1.29 is 9.53 Å². The SMILES string of the molecule is C=C(C)c1cc(NC(=O)Nc2cccc(OC3=Nc4ccccc4C3)c2)n[nH]1. The molecule has 0 aliphatic carbocycles. The highest BCUT2D eigenvalue weighted by Crippen LogP contribution is 2.27. The summed E-state index contributed by atoms with van der Waals surface area (Å²) >= 11 is 0. The number of carbonyl (C=O) groups is 1. The van der Waals surface area contributed by atoms with Crippen LogP contribution in [0.2, 0.25) is 0 Å². The zero-order valence-corrected chi connectivity index (χ0v) is 15.3. The number of benzene rings is 2. The van der Waals surface area contributed by atoms with Crippen LogP contribution in [-0.2, 0) is 6.42 Å². The monoisotopic (exact) mass is 373 g/mol. The number of rotatable bonds is 4. The molecule has 1 aromatic heterocycles. The third-order valence-electron chi connectivity index (χ3n) is 4.19. The zero-order valence-electron chi connectivity index (χ0n) is 15.3. The molecule has 0 radical (unpaired) electrons. The molecule has 0 bridgehead atoms. The van der Waals surface area contributed by atoms with Crippen LogP contribution in [0.25, 0.3) is 5.57 Å². The number of anilines is 2. The van der Waals surface area contributed by atoms with Crippen molar-refractivity contribution in [2.75, 3.05) is 10.6 Å². The predicted octanol–water partition coefficient (Wildman–Crippen LogP) is 4.75. The summed E-state index contributed by atoms with van der Waals surface area (Å²) in [5, 5.41) is 12.3. The fraction of sp³-hybridized carbons (Fsp3) is 0.0952. The number of hydrogen-bond acceptors (Lipinski definition) is 4. The molecule has 7 nitrogen and oxygen atoms in total. The van der Waals surface area contributed by atoms with Gasteiger partial charge in [0.05, 0.1) is 17.8 Å². The molecule has 1 aliphatic rings. The van der Waals surface area contributed by atoms with E-state index in [0.717, 1.165) is 22.5 Å². The number of aliphatic imine (C=N–C) groups is 1. The molecule has 0 fully saturated rings. The molecular weight excluding hydrogens is 354 g/mol. The number of aromatic nitrogens is 2. The number of para-hydroxylation sites is 1. The van der Waals surface area contributed by atoms with Gasteiger partial charge in [-0.05, 0) is 36.3 Å². The summed E-state index contributed by atoms with van der Waals surface area (Å²) in [5.74, 6) is 1.65. The number of H-pyrrole nitrogens is 1. The number of carbonyl (C=O) groups excluding carboxylic acids is 1. The molecule has 0 atom stereocenters. The van der Waals surface area contributed by atoms with Gasteiger partial charge in [0.15, 0.2) is 11.7 Å². The molecular formula is C21H19N5O2. The number of nitrogens with zero attached hydrogens (tertiary/aromatic N) is 2. The van der Waals surface area contributed by atoms with Crippen LogP contribution in [0.5, 0.6) is 5.75 Å². The molecule has 2 aromatic carbocycles. The summed E-state index contributed by atoms with van der Waals surface area (Å²) in [6, 6.07) is 16.4. The Balaban J connectivity index is 1.38. The van der Waals surface area contributed by atoms with E-state index in [1.54, 1.807) is 24.3 Å². The lowest BCUT2D eigenvalue weighted by atomic mass is 10.1. The molecule has 0 saturated carbocycles. The normalized spacial score (nSPS) is 12.1. The molecule has 0 saturated heterocycles. The van der Waals surface area contributed by atoms with Crippen LogP contribution in [0.1, 0.15) is 18.2 Å². The maximum atomic E-state index is 12.2. The second-order valence-electron chi connectivity index (χ2n) is 6.47. The van der Waals surface area contributed by atoms with E-state index < -0.39 is 6.03 Å². The second kappa shape index (κ2) is 7.40.